The number of morpholine rings is 1. The highest BCUT2D eigenvalue weighted by Crippen LogP contribution is 2.27. The molecule has 2 amide bonds. The summed E-state index contributed by atoms with van der Waals surface area (Å²) < 4.78 is 22.4. The number of urea groups is 1. The maximum absolute atomic E-state index is 14.7. The molecule has 2 unspecified atom stereocenters. The van der Waals surface area contributed by atoms with Gasteiger partial charge in [-0.05, 0) is 51.0 Å². The zero-order chi connectivity index (χ0) is 22.2. The molecule has 1 N–H and O–H groups in total. The monoisotopic (exact) mass is 438 g/mol. The van der Waals surface area contributed by atoms with Gasteiger partial charge in [0.1, 0.15) is 11.6 Å². The summed E-state index contributed by atoms with van der Waals surface area (Å²) in [6, 6.07) is 6.16. The summed E-state index contributed by atoms with van der Waals surface area (Å²) in [5.41, 5.74) is 1.33. The van der Waals surface area contributed by atoms with Gasteiger partial charge in [-0.25, -0.2) is 19.2 Å². The van der Waals surface area contributed by atoms with Crippen LogP contribution in [0.4, 0.5) is 20.7 Å². The van der Waals surface area contributed by atoms with Gasteiger partial charge in [0.25, 0.3) is 0 Å². The Morgan fingerprint density at radius 2 is 1.91 bits per heavy atom. The van der Waals surface area contributed by atoms with E-state index in [0.29, 0.717) is 22.7 Å². The predicted octanol–water partition coefficient (Wildman–Crippen LogP) is 3.78. The molecule has 0 spiro atoms. The third-order valence-electron chi connectivity index (χ3n) is 5.99. The summed E-state index contributed by atoms with van der Waals surface area (Å²) in [6.07, 6.45) is 5.94. The summed E-state index contributed by atoms with van der Waals surface area (Å²) in [4.78, 5) is 25.4. The Hall–Kier alpha value is -3.20. The molecule has 2 saturated heterocycles. The van der Waals surface area contributed by atoms with Crippen LogP contribution < -0.4 is 10.2 Å². The maximum Gasteiger partial charge on any atom is 0.321 e. The lowest BCUT2D eigenvalue weighted by molar-refractivity contribution is -0.00550. The Bertz CT molecular complexity index is 1130. The minimum atomic E-state index is -0.399. The van der Waals surface area contributed by atoms with Crippen LogP contribution >= 0.6 is 0 Å². The van der Waals surface area contributed by atoms with E-state index in [4.69, 9.17) is 4.74 Å². The van der Waals surface area contributed by atoms with Crippen LogP contribution in [0.3, 0.4) is 0 Å². The minimum Gasteiger partial charge on any atom is -0.372 e. The third kappa shape index (κ3) is 4.00. The third-order valence-corrected chi connectivity index (χ3v) is 5.99. The van der Waals surface area contributed by atoms with Gasteiger partial charge in [0.2, 0.25) is 5.78 Å². The van der Waals surface area contributed by atoms with E-state index in [1.165, 1.54) is 6.07 Å². The van der Waals surface area contributed by atoms with Gasteiger partial charge < -0.3 is 19.9 Å². The fourth-order valence-corrected chi connectivity index (χ4v) is 4.53. The van der Waals surface area contributed by atoms with Crippen molar-refractivity contribution in [2.24, 2.45) is 0 Å². The number of carbonyl (C=O) groups excluding carboxylic acids is 1. The van der Waals surface area contributed by atoms with Crippen LogP contribution in [0, 0.1) is 5.82 Å². The zero-order valence-corrected chi connectivity index (χ0v) is 18.3. The number of anilines is 2. The van der Waals surface area contributed by atoms with Crippen molar-refractivity contribution in [3.05, 3.63) is 42.5 Å². The quantitative estimate of drug-likeness (QED) is 0.674. The number of carbonyl (C=O) groups is 1. The number of fused-ring (bicyclic) bond motifs is 1. The molecule has 0 saturated carbocycles. The number of ether oxygens (including phenoxy) is 1. The number of hydrogen-bond donors (Lipinski definition) is 1. The molecule has 0 bridgehead atoms. The molecule has 8 nitrogen and oxygen atoms in total. The largest absolute Gasteiger partial charge is 0.372 e. The average Bonchev–Trinajstić information content (AvgIpc) is 3.44. The van der Waals surface area contributed by atoms with Crippen molar-refractivity contribution in [3.63, 3.8) is 0 Å². The number of hydrogen-bond acceptors (Lipinski definition) is 5. The molecule has 32 heavy (non-hydrogen) atoms. The van der Waals surface area contributed by atoms with Crippen LogP contribution in [0.25, 0.3) is 17.0 Å². The van der Waals surface area contributed by atoms with E-state index in [1.807, 2.05) is 10.6 Å². The first-order chi connectivity index (χ1) is 15.5. The van der Waals surface area contributed by atoms with E-state index in [-0.39, 0.29) is 18.2 Å². The first kappa shape index (κ1) is 20.7. The zero-order valence-electron chi connectivity index (χ0n) is 18.3. The van der Waals surface area contributed by atoms with Crippen molar-refractivity contribution < 1.29 is 13.9 Å². The number of amides is 2. The summed E-state index contributed by atoms with van der Waals surface area (Å²) in [7, 11) is 0. The van der Waals surface area contributed by atoms with E-state index in [1.54, 1.807) is 29.3 Å². The number of nitrogens with zero attached hydrogens (tertiary/aromatic N) is 5. The number of aromatic nitrogens is 3. The Morgan fingerprint density at radius 1 is 1.16 bits per heavy atom. The molecule has 2 aliphatic heterocycles. The summed E-state index contributed by atoms with van der Waals surface area (Å²) in [6.45, 7) is 7.16. The van der Waals surface area contributed by atoms with Crippen molar-refractivity contribution in [3.8, 4) is 11.3 Å². The summed E-state index contributed by atoms with van der Waals surface area (Å²) in [5, 5.41) is 2.87. The molecule has 2 aromatic heterocycles. The van der Waals surface area contributed by atoms with Crippen LogP contribution in [0.1, 0.15) is 26.7 Å². The summed E-state index contributed by atoms with van der Waals surface area (Å²) >= 11 is 0. The molecule has 2 fully saturated rings. The van der Waals surface area contributed by atoms with Gasteiger partial charge in [0.05, 0.1) is 24.1 Å². The van der Waals surface area contributed by atoms with Gasteiger partial charge in [-0.15, -0.1) is 0 Å². The highest BCUT2D eigenvalue weighted by Gasteiger charge is 2.25. The van der Waals surface area contributed by atoms with Crippen LogP contribution in [-0.4, -0.2) is 63.7 Å². The first-order valence-corrected chi connectivity index (χ1v) is 11.1. The Balaban J connectivity index is 1.41. The topological polar surface area (TPSA) is 75.0 Å². The fraction of sp³-hybridized carbons (Fsp3) is 0.435. The number of nitrogens with one attached hydrogen (secondary N) is 1. The van der Waals surface area contributed by atoms with Gasteiger partial charge in [0, 0.05) is 43.6 Å². The number of halogens is 1. The van der Waals surface area contributed by atoms with Crippen LogP contribution in [0.15, 0.2) is 36.7 Å². The molecule has 9 heteroatoms. The number of benzene rings is 1. The summed E-state index contributed by atoms with van der Waals surface area (Å²) in [5.74, 6) is 1.03. The van der Waals surface area contributed by atoms with E-state index in [2.05, 4.69) is 34.0 Å². The first-order valence-electron chi connectivity index (χ1n) is 11.1. The lowest BCUT2D eigenvalue weighted by atomic mass is 10.1. The normalized spacial score (nSPS) is 21.3. The van der Waals surface area contributed by atoms with Crippen molar-refractivity contribution >= 4 is 23.3 Å². The lowest BCUT2D eigenvalue weighted by Crippen LogP contribution is -2.45. The number of imidazole rings is 1. The van der Waals surface area contributed by atoms with Gasteiger partial charge in [-0.1, -0.05) is 0 Å². The van der Waals surface area contributed by atoms with Crippen molar-refractivity contribution in [2.75, 3.05) is 36.4 Å². The molecular formula is C23H27FN6O2. The predicted molar refractivity (Wildman–Crippen MR) is 120 cm³/mol. The lowest BCUT2D eigenvalue weighted by Gasteiger charge is -2.36. The molecule has 3 aromatic rings. The second-order valence-electron chi connectivity index (χ2n) is 8.58. The average molecular weight is 439 g/mol. The minimum absolute atomic E-state index is 0.129. The molecule has 5 rings (SSSR count). The molecule has 4 heterocycles. The molecule has 1 aromatic carbocycles. The smallest absolute Gasteiger partial charge is 0.321 e. The number of rotatable bonds is 3. The Kier molecular flexibility index (Phi) is 5.42. The molecule has 0 aliphatic carbocycles. The highest BCUT2D eigenvalue weighted by atomic mass is 19.1. The van der Waals surface area contributed by atoms with Crippen molar-refractivity contribution in [1.82, 2.24) is 19.3 Å². The van der Waals surface area contributed by atoms with Gasteiger partial charge >= 0.3 is 6.03 Å². The van der Waals surface area contributed by atoms with E-state index in [0.717, 1.165) is 44.8 Å². The second kappa shape index (κ2) is 8.38. The van der Waals surface area contributed by atoms with Crippen LogP contribution in [0.5, 0.6) is 0 Å². The van der Waals surface area contributed by atoms with Crippen molar-refractivity contribution in [2.45, 2.75) is 38.9 Å². The molecule has 2 aliphatic rings. The Morgan fingerprint density at radius 3 is 2.66 bits per heavy atom. The van der Waals surface area contributed by atoms with E-state index in [9.17, 15) is 9.18 Å². The fourth-order valence-electron chi connectivity index (χ4n) is 4.53. The standard InChI is InChI=1S/C23H27FN6O2/c1-15-13-29(14-16(2)32-15)21-12-25-22-27-20(7-10-30(21)22)18-11-17(5-6-19(18)24)26-23(31)28-8-3-4-9-28/h5-7,10-12,15-16H,3-4,8-9,13-14H2,1-2H3,(H,26,31). The van der Waals surface area contributed by atoms with Gasteiger partial charge in [-0.3, -0.25) is 4.40 Å². The van der Waals surface area contributed by atoms with E-state index >= 15 is 0 Å². The molecule has 2 atom stereocenters. The molecular weight excluding hydrogens is 411 g/mol. The van der Waals surface area contributed by atoms with Crippen LogP contribution in [0.2, 0.25) is 0 Å². The molecule has 0 radical (unpaired) electrons. The number of likely N-dealkylation sites (tertiary alicyclic amines) is 1. The highest BCUT2D eigenvalue weighted by molar-refractivity contribution is 5.90. The van der Waals surface area contributed by atoms with Gasteiger partial charge in [-0.2, -0.15) is 0 Å². The van der Waals surface area contributed by atoms with Gasteiger partial charge in [0.15, 0.2) is 0 Å². The Labute approximate surface area is 186 Å². The van der Waals surface area contributed by atoms with Crippen molar-refractivity contribution in [1.29, 1.82) is 0 Å². The molecule has 168 valence electrons. The maximum atomic E-state index is 14.7. The van der Waals surface area contributed by atoms with Crippen LogP contribution in [-0.2, 0) is 4.74 Å². The second-order valence-corrected chi connectivity index (χ2v) is 8.58. The SMILES string of the molecule is CC1CN(c2cnc3nc(-c4cc(NC(=O)N5CCCC5)ccc4F)ccn23)CC(C)O1. The van der Waals surface area contributed by atoms with E-state index < -0.39 is 5.82 Å².